The van der Waals surface area contributed by atoms with Crippen LogP contribution in [0.15, 0.2) is 43.9 Å². The number of rotatable bonds is 5. The van der Waals surface area contributed by atoms with E-state index in [1.165, 1.54) is 11.1 Å². The lowest BCUT2D eigenvalue weighted by molar-refractivity contribution is 0.464. The number of hydrogen-bond acceptors (Lipinski definition) is 2. The van der Waals surface area contributed by atoms with Gasteiger partial charge in [0.1, 0.15) is 5.76 Å². The van der Waals surface area contributed by atoms with Gasteiger partial charge in [-0.1, -0.05) is 31.2 Å². The van der Waals surface area contributed by atoms with Crippen LogP contribution in [0.1, 0.15) is 23.8 Å². The quantitative estimate of drug-likeness (QED) is 0.825. The number of aryl methyl sites for hydroxylation is 1. The average Bonchev–Trinajstić information content (AvgIpc) is 2.69. The van der Waals surface area contributed by atoms with Crippen LogP contribution in [0.3, 0.4) is 0 Å². The Morgan fingerprint density at radius 2 is 1.83 bits per heavy atom. The summed E-state index contributed by atoms with van der Waals surface area (Å²) in [6, 6.07) is 10.5. The van der Waals surface area contributed by atoms with E-state index < -0.39 is 0 Å². The van der Waals surface area contributed by atoms with E-state index in [4.69, 9.17) is 4.42 Å². The van der Waals surface area contributed by atoms with Crippen LogP contribution in [-0.4, -0.2) is 0 Å². The fourth-order valence-electron chi connectivity index (χ4n) is 1.87. The van der Waals surface area contributed by atoms with Gasteiger partial charge in [-0.3, -0.25) is 0 Å². The van der Waals surface area contributed by atoms with Crippen LogP contribution in [0.5, 0.6) is 0 Å². The molecule has 1 heterocycles. The Bertz CT molecular complexity index is 503. The first-order chi connectivity index (χ1) is 8.70. The minimum absolute atomic E-state index is 0.724. The summed E-state index contributed by atoms with van der Waals surface area (Å²) in [6.07, 6.45) is 1.07. The maximum Gasteiger partial charge on any atom is 0.183 e. The zero-order valence-electron chi connectivity index (χ0n) is 10.2. The van der Waals surface area contributed by atoms with Crippen molar-refractivity contribution in [2.75, 3.05) is 0 Å². The Labute approximate surface area is 124 Å². The summed E-state index contributed by atoms with van der Waals surface area (Å²) in [7, 11) is 0. The molecule has 1 aromatic heterocycles. The number of nitrogens with one attached hydrogen (secondary N) is 1. The summed E-state index contributed by atoms with van der Waals surface area (Å²) >= 11 is 6.74. The highest BCUT2D eigenvalue weighted by Crippen LogP contribution is 2.26. The predicted molar refractivity (Wildman–Crippen MR) is 80.5 cm³/mol. The Kier molecular flexibility index (Phi) is 5.03. The van der Waals surface area contributed by atoms with Crippen molar-refractivity contribution in [2.24, 2.45) is 0 Å². The van der Waals surface area contributed by atoms with Crippen LogP contribution in [0.4, 0.5) is 0 Å². The lowest BCUT2D eigenvalue weighted by atomic mass is 10.1. The molecule has 0 bridgehead atoms. The molecule has 0 amide bonds. The second-order valence-electron chi connectivity index (χ2n) is 4.06. The summed E-state index contributed by atoms with van der Waals surface area (Å²) in [5.41, 5.74) is 2.75. The van der Waals surface area contributed by atoms with Crippen LogP contribution in [0.2, 0.25) is 0 Å². The lowest BCUT2D eigenvalue weighted by Gasteiger charge is -2.08. The molecule has 0 aliphatic rings. The van der Waals surface area contributed by atoms with Gasteiger partial charge in [0.05, 0.1) is 11.0 Å². The zero-order chi connectivity index (χ0) is 13.0. The third-order valence-electron chi connectivity index (χ3n) is 2.81. The molecule has 2 aromatic rings. The molecule has 0 saturated carbocycles. The molecule has 2 nitrogen and oxygen atoms in total. The van der Waals surface area contributed by atoms with Crippen molar-refractivity contribution in [1.29, 1.82) is 0 Å². The third-order valence-corrected chi connectivity index (χ3v) is 4.52. The first-order valence-electron chi connectivity index (χ1n) is 5.92. The number of benzene rings is 1. The van der Waals surface area contributed by atoms with E-state index in [1.54, 1.807) is 0 Å². The standard InChI is InChI=1S/C14H15Br2NO/c1-2-10-5-3-4-6-11(10)8-17-9-12-7-13(15)14(16)18-12/h3-7,17H,2,8-9H2,1H3. The molecule has 0 aliphatic carbocycles. The summed E-state index contributed by atoms with van der Waals surface area (Å²) in [6.45, 7) is 3.77. The van der Waals surface area contributed by atoms with Crippen LogP contribution < -0.4 is 5.32 Å². The van der Waals surface area contributed by atoms with Gasteiger partial charge in [-0.05, 0) is 55.5 Å². The molecule has 0 spiro atoms. The highest BCUT2D eigenvalue weighted by molar-refractivity contribution is 9.13. The molecule has 0 atom stereocenters. The van der Waals surface area contributed by atoms with Crippen LogP contribution in [0, 0.1) is 0 Å². The zero-order valence-corrected chi connectivity index (χ0v) is 13.3. The smallest absolute Gasteiger partial charge is 0.183 e. The first-order valence-corrected chi connectivity index (χ1v) is 7.50. The van der Waals surface area contributed by atoms with Crippen LogP contribution in [-0.2, 0) is 19.5 Å². The van der Waals surface area contributed by atoms with Crippen molar-refractivity contribution in [1.82, 2.24) is 5.32 Å². The van der Waals surface area contributed by atoms with Gasteiger partial charge in [0.15, 0.2) is 4.67 Å². The minimum atomic E-state index is 0.724. The predicted octanol–water partition coefficient (Wildman–Crippen LogP) is 4.66. The summed E-state index contributed by atoms with van der Waals surface area (Å²) in [4.78, 5) is 0. The molecule has 0 saturated heterocycles. The Balaban J connectivity index is 1.92. The molecule has 0 radical (unpaired) electrons. The lowest BCUT2D eigenvalue weighted by Crippen LogP contribution is -2.13. The van der Waals surface area contributed by atoms with E-state index in [2.05, 4.69) is 68.4 Å². The summed E-state index contributed by atoms with van der Waals surface area (Å²) < 4.78 is 7.21. The molecule has 2 rings (SSSR count). The first kappa shape index (κ1) is 13.8. The molecule has 0 fully saturated rings. The van der Waals surface area contributed by atoms with E-state index in [9.17, 15) is 0 Å². The SMILES string of the molecule is CCc1ccccc1CNCc1cc(Br)c(Br)o1. The van der Waals surface area contributed by atoms with Crippen molar-refractivity contribution in [2.45, 2.75) is 26.4 Å². The molecular weight excluding hydrogens is 358 g/mol. The van der Waals surface area contributed by atoms with Crippen molar-refractivity contribution < 1.29 is 4.42 Å². The highest BCUT2D eigenvalue weighted by Gasteiger charge is 2.06. The van der Waals surface area contributed by atoms with Crippen molar-refractivity contribution in [3.63, 3.8) is 0 Å². The van der Waals surface area contributed by atoms with Crippen LogP contribution in [0.25, 0.3) is 0 Å². The third kappa shape index (κ3) is 3.46. The van der Waals surface area contributed by atoms with E-state index in [-0.39, 0.29) is 0 Å². The second-order valence-corrected chi connectivity index (χ2v) is 5.63. The fraction of sp³-hybridized carbons (Fsp3) is 0.286. The maximum absolute atomic E-state index is 5.52. The fourth-order valence-corrected chi connectivity index (χ4v) is 2.53. The van der Waals surface area contributed by atoms with Gasteiger partial charge in [-0.25, -0.2) is 0 Å². The second kappa shape index (κ2) is 6.55. The number of furan rings is 1. The Morgan fingerprint density at radius 3 is 2.44 bits per heavy atom. The highest BCUT2D eigenvalue weighted by atomic mass is 79.9. The van der Waals surface area contributed by atoms with E-state index in [0.717, 1.165) is 34.4 Å². The molecule has 1 N–H and O–H groups in total. The van der Waals surface area contributed by atoms with Gasteiger partial charge in [-0.15, -0.1) is 0 Å². The topological polar surface area (TPSA) is 25.2 Å². The van der Waals surface area contributed by atoms with Gasteiger partial charge < -0.3 is 9.73 Å². The van der Waals surface area contributed by atoms with Crippen molar-refractivity contribution in [3.8, 4) is 0 Å². The largest absolute Gasteiger partial charge is 0.452 e. The normalized spacial score (nSPS) is 10.8. The summed E-state index contributed by atoms with van der Waals surface area (Å²) in [5.74, 6) is 0.919. The van der Waals surface area contributed by atoms with Gasteiger partial charge in [0, 0.05) is 6.54 Å². The Hall–Kier alpha value is -0.580. The van der Waals surface area contributed by atoms with Gasteiger partial charge in [-0.2, -0.15) is 0 Å². The van der Waals surface area contributed by atoms with E-state index >= 15 is 0 Å². The van der Waals surface area contributed by atoms with Crippen molar-refractivity contribution in [3.05, 3.63) is 56.4 Å². The monoisotopic (exact) mass is 371 g/mol. The summed E-state index contributed by atoms with van der Waals surface area (Å²) in [5, 5.41) is 3.40. The minimum Gasteiger partial charge on any atom is -0.452 e. The maximum atomic E-state index is 5.52. The van der Waals surface area contributed by atoms with Gasteiger partial charge in [0.2, 0.25) is 0 Å². The molecule has 0 unspecified atom stereocenters. The van der Waals surface area contributed by atoms with Crippen LogP contribution >= 0.6 is 31.9 Å². The van der Waals surface area contributed by atoms with E-state index in [0.29, 0.717) is 0 Å². The molecule has 18 heavy (non-hydrogen) atoms. The molecule has 96 valence electrons. The van der Waals surface area contributed by atoms with Crippen molar-refractivity contribution >= 4 is 31.9 Å². The average molecular weight is 373 g/mol. The van der Waals surface area contributed by atoms with Gasteiger partial charge in [0.25, 0.3) is 0 Å². The number of halogens is 2. The number of hydrogen-bond donors (Lipinski definition) is 1. The van der Waals surface area contributed by atoms with Gasteiger partial charge >= 0.3 is 0 Å². The molecular formula is C14H15Br2NO. The van der Waals surface area contributed by atoms with E-state index in [1.807, 2.05) is 6.07 Å². The molecule has 0 aliphatic heterocycles. The Morgan fingerprint density at radius 1 is 1.11 bits per heavy atom. The molecule has 1 aromatic carbocycles. The molecule has 4 heteroatoms.